The number of rotatable bonds is 7. The van der Waals surface area contributed by atoms with Gasteiger partial charge in [0, 0.05) is 19.4 Å². The Labute approximate surface area is 157 Å². The molecule has 1 amide bonds. The highest BCUT2D eigenvalue weighted by molar-refractivity contribution is 5.79. The van der Waals surface area contributed by atoms with E-state index in [-0.39, 0.29) is 18.1 Å². The van der Waals surface area contributed by atoms with Crippen molar-refractivity contribution in [1.29, 1.82) is 0 Å². The van der Waals surface area contributed by atoms with Gasteiger partial charge in [0.1, 0.15) is 23.4 Å². The number of imidazole rings is 1. The molecule has 2 aromatic carbocycles. The van der Waals surface area contributed by atoms with Gasteiger partial charge in [0.05, 0.1) is 13.0 Å². The maximum Gasteiger partial charge on any atom is 0.225 e. The summed E-state index contributed by atoms with van der Waals surface area (Å²) in [7, 11) is 1.84. The normalized spacial score (nSPS) is 11.8. The van der Waals surface area contributed by atoms with Gasteiger partial charge in [0.25, 0.3) is 0 Å². The van der Waals surface area contributed by atoms with E-state index in [1.165, 1.54) is 12.1 Å². The van der Waals surface area contributed by atoms with E-state index in [1.807, 2.05) is 42.8 Å². The van der Waals surface area contributed by atoms with Crippen LogP contribution >= 0.6 is 0 Å². The molecule has 3 aromatic rings. The average molecular weight is 367 g/mol. The maximum absolute atomic E-state index is 13.7. The molecule has 1 atom stereocenters. The first-order valence-corrected chi connectivity index (χ1v) is 8.80. The number of carbonyl (C=O) groups excluding carboxylic acids is 1. The Balaban J connectivity index is 1.77. The van der Waals surface area contributed by atoms with Crippen LogP contribution in [0.4, 0.5) is 4.39 Å². The smallest absolute Gasteiger partial charge is 0.225 e. The van der Waals surface area contributed by atoms with E-state index in [2.05, 4.69) is 10.3 Å². The first kappa shape index (κ1) is 18.6. The summed E-state index contributed by atoms with van der Waals surface area (Å²) >= 11 is 0. The summed E-state index contributed by atoms with van der Waals surface area (Å²) < 4.78 is 20.9. The number of hydrogen-bond donors (Lipinski definition) is 1. The first-order chi connectivity index (χ1) is 13.1. The second-order valence-corrected chi connectivity index (χ2v) is 6.21. The van der Waals surface area contributed by atoms with E-state index in [1.54, 1.807) is 24.5 Å². The van der Waals surface area contributed by atoms with Crippen molar-refractivity contribution in [2.45, 2.75) is 19.4 Å². The van der Waals surface area contributed by atoms with Crippen molar-refractivity contribution >= 4 is 5.91 Å². The highest BCUT2D eigenvalue weighted by atomic mass is 19.1. The lowest BCUT2D eigenvalue weighted by Gasteiger charge is -2.19. The van der Waals surface area contributed by atoms with E-state index >= 15 is 0 Å². The second-order valence-electron chi connectivity index (χ2n) is 6.21. The fourth-order valence-electron chi connectivity index (χ4n) is 2.91. The molecule has 3 rings (SSSR count). The minimum atomic E-state index is -0.532. The van der Waals surface area contributed by atoms with Gasteiger partial charge in [-0.1, -0.05) is 24.3 Å². The number of aromatic nitrogens is 2. The van der Waals surface area contributed by atoms with Gasteiger partial charge in [-0.15, -0.1) is 0 Å². The summed E-state index contributed by atoms with van der Waals surface area (Å²) in [5, 5.41) is 2.97. The van der Waals surface area contributed by atoms with Crippen LogP contribution in [0.2, 0.25) is 0 Å². The average Bonchev–Trinajstić information content (AvgIpc) is 3.07. The van der Waals surface area contributed by atoms with E-state index in [4.69, 9.17) is 4.74 Å². The molecule has 1 unspecified atom stereocenters. The SMILES string of the molecule is CCOc1ccc(CC(=O)NC(c2cccc(F)c2)c2nccn2C)cc1. The summed E-state index contributed by atoms with van der Waals surface area (Å²) in [5.74, 6) is 0.886. The summed E-state index contributed by atoms with van der Waals surface area (Å²) in [5.41, 5.74) is 1.51. The largest absolute Gasteiger partial charge is 0.494 e. The van der Waals surface area contributed by atoms with E-state index in [0.717, 1.165) is 11.3 Å². The third kappa shape index (κ3) is 4.73. The van der Waals surface area contributed by atoms with Gasteiger partial charge in [0.2, 0.25) is 5.91 Å². The van der Waals surface area contributed by atoms with E-state index in [0.29, 0.717) is 18.0 Å². The second kappa shape index (κ2) is 8.49. The van der Waals surface area contributed by atoms with Crippen LogP contribution in [0.3, 0.4) is 0 Å². The Hall–Kier alpha value is -3.15. The Morgan fingerprint density at radius 1 is 1.26 bits per heavy atom. The van der Waals surface area contributed by atoms with Crippen molar-refractivity contribution in [3.8, 4) is 5.75 Å². The fourth-order valence-corrected chi connectivity index (χ4v) is 2.91. The highest BCUT2D eigenvalue weighted by Crippen LogP contribution is 2.21. The van der Waals surface area contributed by atoms with Crippen molar-refractivity contribution < 1.29 is 13.9 Å². The number of halogens is 1. The molecule has 0 aliphatic heterocycles. The summed E-state index contributed by atoms with van der Waals surface area (Å²) in [6.45, 7) is 2.52. The molecule has 5 nitrogen and oxygen atoms in total. The molecule has 0 bridgehead atoms. The molecule has 0 saturated heterocycles. The number of ether oxygens (including phenoxy) is 1. The van der Waals surface area contributed by atoms with Crippen molar-refractivity contribution in [3.05, 3.63) is 83.7 Å². The molecule has 0 saturated carbocycles. The quantitative estimate of drug-likeness (QED) is 0.696. The van der Waals surface area contributed by atoms with Crippen LogP contribution in [0.5, 0.6) is 5.75 Å². The summed E-state index contributed by atoms with van der Waals surface area (Å²) in [6.07, 6.45) is 3.66. The molecule has 0 aliphatic carbocycles. The predicted octanol–water partition coefficient (Wildman–Crippen LogP) is 3.41. The van der Waals surface area contributed by atoms with Crippen LogP contribution in [0.1, 0.15) is 29.9 Å². The highest BCUT2D eigenvalue weighted by Gasteiger charge is 2.21. The number of hydrogen-bond acceptors (Lipinski definition) is 3. The number of nitrogens with zero attached hydrogens (tertiary/aromatic N) is 2. The third-order valence-corrected chi connectivity index (χ3v) is 4.20. The monoisotopic (exact) mass is 367 g/mol. The van der Waals surface area contributed by atoms with Crippen LogP contribution in [0, 0.1) is 5.82 Å². The molecule has 1 aromatic heterocycles. The van der Waals surface area contributed by atoms with Gasteiger partial charge in [-0.3, -0.25) is 4.79 Å². The van der Waals surface area contributed by atoms with Gasteiger partial charge >= 0.3 is 0 Å². The Morgan fingerprint density at radius 2 is 2.04 bits per heavy atom. The van der Waals surface area contributed by atoms with Crippen molar-refractivity contribution in [3.63, 3.8) is 0 Å². The zero-order chi connectivity index (χ0) is 19.2. The maximum atomic E-state index is 13.7. The molecule has 0 spiro atoms. The van der Waals surface area contributed by atoms with E-state index < -0.39 is 6.04 Å². The summed E-state index contributed by atoms with van der Waals surface area (Å²) in [6, 6.07) is 13.1. The van der Waals surface area contributed by atoms with Gasteiger partial charge in [-0.05, 0) is 42.3 Å². The molecular weight excluding hydrogens is 345 g/mol. The number of carbonyl (C=O) groups is 1. The van der Waals surface area contributed by atoms with Crippen LogP contribution in [-0.2, 0) is 18.3 Å². The lowest BCUT2D eigenvalue weighted by Crippen LogP contribution is -2.32. The van der Waals surface area contributed by atoms with Crippen LogP contribution in [0.25, 0.3) is 0 Å². The Kier molecular flexibility index (Phi) is 5.86. The first-order valence-electron chi connectivity index (χ1n) is 8.80. The number of benzene rings is 2. The number of nitrogens with one attached hydrogen (secondary N) is 1. The molecule has 0 radical (unpaired) electrons. The van der Waals surface area contributed by atoms with Crippen molar-refractivity contribution in [2.75, 3.05) is 6.61 Å². The Bertz CT molecular complexity index is 906. The van der Waals surface area contributed by atoms with Crippen molar-refractivity contribution in [1.82, 2.24) is 14.9 Å². The standard InChI is InChI=1S/C21H22FN3O2/c1-3-27-18-9-7-15(8-10-18)13-19(26)24-20(21-23-11-12-25(21)2)16-5-4-6-17(22)14-16/h4-12,14,20H,3,13H2,1-2H3,(H,24,26). The van der Waals surface area contributed by atoms with Crippen LogP contribution in [0.15, 0.2) is 60.9 Å². The topological polar surface area (TPSA) is 56.1 Å². The fraction of sp³-hybridized carbons (Fsp3) is 0.238. The minimum absolute atomic E-state index is 0.170. The van der Waals surface area contributed by atoms with E-state index in [9.17, 15) is 9.18 Å². The molecule has 0 fully saturated rings. The molecule has 140 valence electrons. The molecular formula is C21H22FN3O2. The van der Waals surface area contributed by atoms with Gasteiger partial charge in [-0.2, -0.15) is 0 Å². The zero-order valence-electron chi connectivity index (χ0n) is 15.4. The molecule has 6 heteroatoms. The van der Waals surface area contributed by atoms with Crippen LogP contribution < -0.4 is 10.1 Å². The number of aryl methyl sites for hydroxylation is 1. The van der Waals surface area contributed by atoms with Crippen LogP contribution in [-0.4, -0.2) is 22.1 Å². The third-order valence-electron chi connectivity index (χ3n) is 4.20. The molecule has 1 N–H and O–H groups in total. The minimum Gasteiger partial charge on any atom is -0.494 e. The Morgan fingerprint density at radius 3 is 2.67 bits per heavy atom. The van der Waals surface area contributed by atoms with Gasteiger partial charge in [0.15, 0.2) is 0 Å². The van der Waals surface area contributed by atoms with Gasteiger partial charge < -0.3 is 14.6 Å². The molecule has 1 heterocycles. The summed E-state index contributed by atoms with van der Waals surface area (Å²) in [4.78, 5) is 16.9. The lowest BCUT2D eigenvalue weighted by atomic mass is 10.0. The van der Waals surface area contributed by atoms with Gasteiger partial charge in [-0.25, -0.2) is 9.37 Å². The zero-order valence-corrected chi connectivity index (χ0v) is 15.4. The lowest BCUT2D eigenvalue weighted by molar-refractivity contribution is -0.121. The van der Waals surface area contributed by atoms with Crippen molar-refractivity contribution in [2.24, 2.45) is 7.05 Å². The molecule has 0 aliphatic rings. The number of amides is 1. The molecule has 27 heavy (non-hydrogen) atoms. The predicted molar refractivity (Wildman–Crippen MR) is 101 cm³/mol.